The van der Waals surface area contributed by atoms with Gasteiger partial charge in [0.25, 0.3) is 0 Å². The number of carbonyl (C=O) groups excluding carboxylic acids is 1. The Morgan fingerprint density at radius 2 is 1.86 bits per heavy atom. The van der Waals surface area contributed by atoms with Crippen molar-refractivity contribution < 1.29 is 14.3 Å². The van der Waals surface area contributed by atoms with E-state index >= 15 is 0 Å². The van der Waals surface area contributed by atoms with Crippen LogP contribution in [0.25, 0.3) is 11.1 Å². The quantitative estimate of drug-likeness (QED) is 0.285. The van der Waals surface area contributed by atoms with Crippen LogP contribution in [0, 0.1) is 0 Å². The fraction of sp³-hybridized carbons (Fsp3) is 0.333. The molecule has 0 bridgehead atoms. The predicted molar refractivity (Wildman–Crippen MR) is 113 cm³/mol. The molecular formula is C21H28N4O3. The lowest BCUT2D eigenvalue weighted by atomic mass is 10.0. The summed E-state index contributed by atoms with van der Waals surface area (Å²) in [4.78, 5) is 13.5. The van der Waals surface area contributed by atoms with Crippen molar-refractivity contribution in [2.45, 2.75) is 12.8 Å². The van der Waals surface area contributed by atoms with E-state index in [0.717, 1.165) is 16.8 Å². The molecule has 2 rings (SSSR count). The van der Waals surface area contributed by atoms with E-state index < -0.39 is 0 Å². The molecule has 0 aromatic heterocycles. The molecule has 2 N–H and O–H groups in total. The van der Waals surface area contributed by atoms with Gasteiger partial charge in [-0.25, -0.2) is 5.43 Å². The third kappa shape index (κ3) is 6.19. The van der Waals surface area contributed by atoms with E-state index in [9.17, 15) is 4.79 Å². The van der Waals surface area contributed by atoms with Crippen LogP contribution in [-0.4, -0.2) is 52.0 Å². The number of nitrogens with one attached hydrogen (secondary N) is 2. The van der Waals surface area contributed by atoms with Crippen LogP contribution in [0.5, 0.6) is 11.5 Å². The first-order valence-corrected chi connectivity index (χ1v) is 9.09. The van der Waals surface area contributed by atoms with Crippen LogP contribution in [0.2, 0.25) is 0 Å². The third-order valence-electron chi connectivity index (χ3n) is 4.00. The third-order valence-corrected chi connectivity index (χ3v) is 4.00. The molecular weight excluding hydrogens is 356 g/mol. The fourth-order valence-corrected chi connectivity index (χ4v) is 2.64. The highest BCUT2D eigenvalue weighted by Crippen LogP contribution is 2.35. The number of nitrogens with zero attached hydrogens (tertiary/aromatic N) is 2. The number of methoxy groups -OCH3 is 2. The topological polar surface area (TPSA) is 75.2 Å². The van der Waals surface area contributed by atoms with E-state index in [0.29, 0.717) is 30.9 Å². The summed E-state index contributed by atoms with van der Waals surface area (Å²) in [7, 11) is 6.93. The lowest BCUT2D eigenvalue weighted by molar-refractivity contribution is -0.121. The van der Waals surface area contributed by atoms with E-state index in [1.807, 2.05) is 56.6 Å². The van der Waals surface area contributed by atoms with Crippen molar-refractivity contribution in [2.75, 3.05) is 40.2 Å². The molecule has 0 aliphatic carbocycles. The van der Waals surface area contributed by atoms with Crippen molar-refractivity contribution in [1.82, 2.24) is 10.3 Å². The first-order chi connectivity index (χ1) is 13.5. The van der Waals surface area contributed by atoms with Crippen molar-refractivity contribution in [1.29, 1.82) is 0 Å². The summed E-state index contributed by atoms with van der Waals surface area (Å²) in [5.74, 6) is 1.28. The van der Waals surface area contributed by atoms with Crippen molar-refractivity contribution >= 4 is 17.9 Å². The van der Waals surface area contributed by atoms with Crippen LogP contribution < -0.4 is 20.2 Å². The molecule has 0 radical (unpaired) electrons. The smallest absolute Gasteiger partial charge is 0.240 e. The number of ether oxygens (including phenoxy) is 2. The minimum atomic E-state index is -0.104. The molecule has 0 heterocycles. The van der Waals surface area contributed by atoms with Crippen molar-refractivity contribution in [3.63, 3.8) is 0 Å². The van der Waals surface area contributed by atoms with Gasteiger partial charge >= 0.3 is 0 Å². The zero-order valence-corrected chi connectivity index (χ0v) is 16.9. The van der Waals surface area contributed by atoms with Crippen LogP contribution in [0.4, 0.5) is 5.69 Å². The molecule has 0 spiro atoms. The summed E-state index contributed by atoms with van der Waals surface area (Å²) in [6.45, 7) is 0.676. The summed E-state index contributed by atoms with van der Waals surface area (Å²) in [5.41, 5.74) is 5.59. The first-order valence-electron chi connectivity index (χ1n) is 9.09. The largest absolute Gasteiger partial charge is 0.493 e. The second-order valence-electron chi connectivity index (χ2n) is 6.39. The van der Waals surface area contributed by atoms with Crippen LogP contribution in [0.15, 0.2) is 47.6 Å². The Hall–Kier alpha value is -3.22. The van der Waals surface area contributed by atoms with Crippen molar-refractivity contribution in [3.8, 4) is 22.6 Å². The Bertz CT molecular complexity index is 806. The number of hydrogen-bond acceptors (Lipinski definition) is 5. The molecule has 2 aromatic carbocycles. The SMILES string of the molecule is COc1ccc(-c2ccccc2NCCCC(=O)NN=CN(C)C)cc1OC. The van der Waals surface area contributed by atoms with Gasteiger partial charge in [-0.3, -0.25) is 4.79 Å². The number of carbonyl (C=O) groups is 1. The number of para-hydroxylation sites is 1. The van der Waals surface area contributed by atoms with Gasteiger partial charge in [-0.05, 0) is 30.2 Å². The molecule has 150 valence electrons. The standard InChI is InChI=1S/C21H28N4O3/c1-25(2)15-23-24-21(26)10-7-13-22-18-9-6-5-8-17(18)16-11-12-19(27-3)20(14-16)28-4/h5-6,8-9,11-12,14-15,22H,7,10,13H2,1-4H3,(H,24,26). The van der Waals surface area contributed by atoms with Gasteiger partial charge in [0.15, 0.2) is 11.5 Å². The molecule has 28 heavy (non-hydrogen) atoms. The van der Waals surface area contributed by atoms with Gasteiger partial charge in [-0.15, -0.1) is 0 Å². The maximum atomic E-state index is 11.8. The molecule has 2 aromatic rings. The highest BCUT2D eigenvalue weighted by atomic mass is 16.5. The highest BCUT2D eigenvalue weighted by Gasteiger charge is 2.09. The normalized spacial score (nSPS) is 10.6. The number of amides is 1. The molecule has 0 fully saturated rings. The molecule has 7 heteroatoms. The van der Waals surface area contributed by atoms with Gasteiger partial charge in [0.2, 0.25) is 5.91 Å². The average Bonchev–Trinajstić information content (AvgIpc) is 2.70. The van der Waals surface area contributed by atoms with Crippen LogP contribution >= 0.6 is 0 Å². The van der Waals surface area contributed by atoms with Crippen LogP contribution in [-0.2, 0) is 4.79 Å². The zero-order chi connectivity index (χ0) is 20.4. The minimum Gasteiger partial charge on any atom is -0.493 e. The van der Waals surface area contributed by atoms with E-state index in [-0.39, 0.29) is 5.91 Å². The number of hydrazone groups is 1. The zero-order valence-electron chi connectivity index (χ0n) is 16.9. The molecule has 0 aliphatic rings. The molecule has 7 nitrogen and oxygen atoms in total. The Kier molecular flexibility index (Phi) is 8.14. The van der Waals surface area contributed by atoms with Gasteiger partial charge in [0, 0.05) is 38.3 Å². The molecule has 0 aliphatic heterocycles. The summed E-state index contributed by atoms with van der Waals surface area (Å²) in [5, 5.41) is 7.26. The summed E-state index contributed by atoms with van der Waals surface area (Å²) < 4.78 is 10.7. The van der Waals surface area contributed by atoms with Gasteiger partial charge in [0.1, 0.15) is 6.34 Å². The predicted octanol–water partition coefficient (Wildman–Crippen LogP) is 3.18. The molecule has 0 saturated heterocycles. The molecule has 0 atom stereocenters. The number of hydrogen-bond donors (Lipinski definition) is 2. The average molecular weight is 384 g/mol. The Labute approximate surface area is 166 Å². The monoisotopic (exact) mass is 384 g/mol. The number of benzene rings is 2. The van der Waals surface area contributed by atoms with E-state index in [2.05, 4.69) is 15.8 Å². The maximum absolute atomic E-state index is 11.8. The van der Waals surface area contributed by atoms with E-state index in [4.69, 9.17) is 9.47 Å². The fourth-order valence-electron chi connectivity index (χ4n) is 2.64. The Morgan fingerprint density at radius 1 is 1.11 bits per heavy atom. The second-order valence-corrected chi connectivity index (χ2v) is 6.39. The van der Waals surface area contributed by atoms with Gasteiger partial charge in [0.05, 0.1) is 14.2 Å². The Morgan fingerprint density at radius 3 is 2.57 bits per heavy atom. The summed E-state index contributed by atoms with van der Waals surface area (Å²) in [6, 6.07) is 13.9. The van der Waals surface area contributed by atoms with E-state index in [1.54, 1.807) is 25.5 Å². The highest BCUT2D eigenvalue weighted by molar-refractivity contribution is 5.79. The van der Waals surface area contributed by atoms with Gasteiger partial charge < -0.3 is 19.7 Å². The van der Waals surface area contributed by atoms with Crippen LogP contribution in [0.3, 0.4) is 0 Å². The maximum Gasteiger partial charge on any atom is 0.240 e. The lowest BCUT2D eigenvalue weighted by Gasteiger charge is -2.14. The van der Waals surface area contributed by atoms with Gasteiger partial charge in [-0.1, -0.05) is 24.3 Å². The summed E-state index contributed by atoms with van der Waals surface area (Å²) in [6.07, 6.45) is 2.65. The molecule has 0 unspecified atom stereocenters. The van der Waals surface area contributed by atoms with Crippen molar-refractivity contribution in [2.24, 2.45) is 5.10 Å². The first kappa shape index (κ1) is 21.1. The van der Waals surface area contributed by atoms with Gasteiger partial charge in [-0.2, -0.15) is 5.10 Å². The van der Waals surface area contributed by atoms with Crippen molar-refractivity contribution in [3.05, 3.63) is 42.5 Å². The van der Waals surface area contributed by atoms with E-state index in [1.165, 1.54) is 0 Å². The number of anilines is 1. The molecule has 1 amide bonds. The lowest BCUT2D eigenvalue weighted by Crippen LogP contribution is -2.20. The second kappa shape index (κ2) is 10.8. The number of rotatable bonds is 10. The Balaban J connectivity index is 1.97. The molecule has 0 saturated carbocycles. The minimum absolute atomic E-state index is 0.104. The summed E-state index contributed by atoms with van der Waals surface area (Å²) >= 11 is 0. The van der Waals surface area contributed by atoms with Crippen LogP contribution in [0.1, 0.15) is 12.8 Å².